The highest BCUT2D eigenvalue weighted by Crippen LogP contribution is 2.29. The highest BCUT2D eigenvalue weighted by molar-refractivity contribution is 6.29. The molecular formula is C21H16ClF2N5O. The Morgan fingerprint density at radius 1 is 1.03 bits per heavy atom. The van der Waals surface area contributed by atoms with Gasteiger partial charge >= 0.3 is 0 Å². The van der Waals surface area contributed by atoms with Gasteiger partial charge in [0.25, 0.3) is 11.8 Å². The first-order chi connectivity index (χ1) is 14.2. The molecular weight excluding hydrogens is 412 g/mol. The largest absolute Gasteiger partial charge is 0.309 e. The van der Waals surface area contributed by atoms with E-state index in [0.717, 1.165) is 6.92 Å². The molecule has 6 nitrogen and oxygen atoms in total. The van der Waals surface area contributed by atoms with E-state index in [2.05, 4.69) is 15.0 Å². The molecule has 0 atom stereocenters. The standard InChI is InChI=1S/C21H16ClF2N5O/c1-21(23,24)14-5-3-13(4-6-14)17-10-27-19-11-25-16(12-29(17)19)20(30)28(2)15-7-8-18(22)26-9-15/h3-12H,1-2H3. The summed E-state index contributed by atoms with van der Waals surface area (Å²) in [5, 5.41) is 0.328. The number of aromatic nitrogens is 4. The van der Waals surface area contributed by atoms with Gasteiger partial charge in [-0.25, -0.2) is 23.7 Å². The lowest BCUT2D eigenvalue weighted by atomic mass is 10.1. The van der Waals surface area contributed by atoms with Gasteiger partial charge in [-0.1, -0.05) is 35.9 Å². The Morgan fingerprint density at radius 3 is 2.40 bits per heavy atom. The molecule has 0 unspecified atom stereocenters. The highest BCUT2D eigenvalue weighted by Gasteiger charge is 2.24. The number of alkyl halides is 2. The lowest BCUT2D eigenvalue weighted by Crippen LogP contribution is -2.27. The second kappa shape index (κ2) is 7.46. The minimum Gasteiger partial charge on any atom is -0.309 e. The van der Waals surface area contributed by atoms with Crippen LogP contribution in [0.3, 0.4) is 0 Å². The molecule has 152 valence electrons. The maximum Gasteiger partial charge on any atom is 0.278 e. The maximum absolute atomic E-state index is 13.5. The zero-order valence-corrected chi connectivity index (χ0v) is 16.8. The first-order valence-electron chi connectivity index (χ1n) is 8.95. The summed E-state index contributed by atoms with van der Waals surface area (Å²) in [5.41, 5.74) is 2.56. The predicted molar refractivity (Wildman–Crippen MR) is 110 cm³/mol. The summed E-state index contributed by atoms with van der Waals surface area (Å²) >= 11 is 5.80. The van der Waals surface area contributed by atoms with Gasteiger partial charge in [-0.3, -0.25) is 9.20 Å². The molecule has 0 aliphatic rings. The number of pyridine rings is 1. The maximum atomic E-state index is 13.5. The van der Waals surface area contributed by atoms with Crippen LogP contribution in [0.4, 0.5) is 14.5 Å². The van der Waals surface area contributed by atoms with Crippen molar-refractivity contribution in [2.45, 2.75) is 12.8 Å². The fourth-order valence-electron chi connectivity index (χ4n) is 3.00. The van der Waals surface area contributed by atoms with E-state index in [9.17, 15) is 13.6 Å². The van der Waals surface area contributed by atoms with Crippen molar-refractivity contribution in [1.82, 2.24) is 19.4 Å². The fraction of sp³-hybridized carbons (Fsp3) is 0.143. The summed E-state index contributed by atoms with van der Waals surface area (Å²) in [5.74, 6) is -3.26. The topological polar surface area (TPSA) is 63.4 Å². The second-order valence-corrected chi connectivity index (χ2v) is 7.20. The first-order valence-corrected chi connectivity index (χ1v) is 9.33. The molecule has 3 heterocycles. The van der Waals surface area contributed by atoms with Crippen LogP contribution in [0.5, 0.6) is 0 Å². The van der Waals surface area contributed by atoms with Crippen LogP contribution in [0, 0.1) is 0 Å². The van der Waals surface area contributed by atoms with Crippen LogP contribution in [-0.2, 0) is 5.92 Å². The van der Waals surface area contributed by atoms with Crippen LogP contribution in [0.25, 0.3) is 16.9 Å². The molecule has 0 N–H and O–H groups in total. The molecule has 1 aromatic carbocycles. The summed E-state index contributed by atoms with van der Waals surface area (Å²) in [6.45, 7) is 0.854. The number of halogens is 3. The average Bonchev–Trinajstić information content (AvgIpc) is 3.16. The molecule has 0 radical (unpaired) electrons. The Balaban J connectivity index is 1.69. The normalized spacial score (nSPS) is 11.6. The number of amides is 1. The van der Waals surface area contributed by atoms with E-state index in [-0.39, 0.29) is 17.2 Å². The SMILES string of the molecule is CN(C(=O)c1cn2c(-c3ccc(C(C)(F)F)cc3)cnc2cn1)c1ccc(Cl)nc1. The van der Waals surface area contributed by atoms with Crippen LogP contribution in [0.2, 0.25) is 5.15 Å². The molecule has 9 heteroatoms. The van der Waals surface area contributed by atoms with Gasteiger partial charge in [0.1, 0.15) is 10.8 Å². The van der Waals surface area contributed by atoms with Gasteiger partial charge < -0.3 is 4.90 Å². The van der Waals surface area contributed by atoms with Crippen LogP contribution in [0.15, 0.2) is 61.2 Å². The first kappa shape index (κ1) is 19.9. The molecule has 0 aliphatic heterocycles. The fourth-order valence-corrected chi connectivity index (χ4v) is 3.11. The molecule has 30 heavy (non-hydrogen) atoms. The van der Waals surface area contributed by atoms with E-state index >= 15 is 0 Å². The molecule has 0 fully saturated rings. The van der Waals surface area contributed by atoms with Crippen molar-refractivity contribution in [3.05, 3.63) is 77.6 Å². The molecule has 0 aliphatic carbocycles. The molecule has 1 amide bonds. The van der Waals surface area contributed by atoms with Crippen molar-refractivity contribution < 1.29 is 13.6 Å². The molecule has 0 bridgehead atoms. The smallest absolute Gasteiger partial charge is 0.278 e. The van der Waals surface area contributed by atoms with E-state index in [1.165, 1.54) is 29.4 Å². The summed E-state index contributed by atoms with van der Waals surface area (Å²) in [4.78, 5) is 26.8. The Kier molecular flexibility index (Phi) is 4.95. The molecule has 4 rings (SSSR count). The van der Waals surface area contributed by atoms with Gasteiger partial charge in [-0.05, 0) is 12.1 Å². The van der Waals surface area contributed by atoms with Gasteiger partial charge in [-0.2, -0.15) is 0 Å². The Bertz CT molecular complexity index is 1220. The summed E-state index contributed by atoms with van der Waals surface area (Å²) in [6.07, 6.45) is 6.16. The third-order valence-electron chi connectivity index (χ3n) is 4.71. The van der Waals surface area contributed by atoms with Crippen LogP contribution in [0.1, 0.15) is 23.0 Å². The van der Waals surface area contributed by atoms with Crippen molar-refractivity contribution >= 4 is 28.8 Å². The predicted octanol–water partition coefficient (Wildman–Crippen LogP) is 4.83. The molecule has 0 spiro atoms. The zero-order chi connectivity index (χ0) is 21.5. The van der Waals surface area contributed by atoms with Crippen LogP contribution < -0.4 is 4.90 Å². The number of rotatable bonds is 4. The van der Waals surface area contributed by atoms with E-state index in [1.807, 2.05) is 0 Å². The van der Waals surface area contributed by atoms with Gasteiger partial charge in [-0.15, -0.1) is 0 Å². The number of hydrogen-bond acceptors (Lipinski definition) is 4. The third kappa shape index (κ3) is 3.73. The number of imidazole rings is 1. The minimum absolute atomic E-state index is 0.0733. The number of carbonyl (C=O) groups is 1. The lowest BCUT2D eigenvalue weighted by Gasteiger charge is -2.16. The Labute approximate surface area is 175 Å². The number of benzene rings is 1. The van der Waals surface area contributed by atoms with Gasteiger partial charge in [0.2, 0.25) is 0 Å². The van der Waals surface area contributed by atoms with Crippen molar-refractivity contribution in [1.29, 1.82) is 0 Å². The average molecular weight is 428 g/mol. The van der Waals surface area contributed by atoms with Crippen molar-refractivity contribution in [2.75, 3.05) is 11.9 Å². The Morgan fingerprint density at radius 2 is 1.77 bits per heavy atom. The van der Waals surface area contributed by atoms with Crippen LogP contribution in [-0.4, -0.2) is 32.3 Å². The number of fused-ring (bicyclic) bond motifs is 1. The van der Waals surface area contributed by atoms with Gasteiger partial charge in [0.15, 0.2) is 5.65 Å². The number of anilines is 1. The van der Waals surface area contributed by atoms with E-state index in [0.29, 0.717) is 27.7 Å². The van der Waals surface area contributed by atoms with Gasteiger partial charge in [0, 0.05) is 31.3 Å². The van der Waals surface area contributed by atoms with E-state index in [1.54, 1.807) is 48.1 Å². The quantitative estimate of drug-likeness (QED) is 0.437. The van der Waals surface area contributed by atoms with Crippen molar-refractivity contribution in [2.24, 2.45) is 0 Å². The Hall–Kier alpha value is -3.39. The number of nitrogens with zero attached hydrogens (tertiary/aromatic N) is 5. The van der Waals surface area contributed by atoms with E-state index < -0.39 is 5.92 Å². The third-order valence-corrected chi connectivity index (χ3v) is 4.93. The zero-order valence-electron chi connectivity index (χ0n) is 16.1. The monoisotopic (exact) mass is 427 g/mol. The number of hydrogen-bond donors (Lipinski definition) is 0. The van der Waals surface area contributed by atoms with Gasteiger partial charge in [0.05, 0.1) is 30.0 Å². The summed E-state index contributed by atoms with van der Waals surface area (Å²) in [6, 6.07) is 9.23. The lowest BCUT2D eigenvalue weighted by molar-refractivity contribution is 0.0175. The minimum atomic E-state index is -2.91. The molecule has 0 saturated heterocycles. The van der Waals surface area contributed by atoms with Crippen molar-refractivity contribution in [3.63, 3.8) is 0 Å². The van der Waals surface area contributed by atoms with E-state index in [4.69, 9.17) is 11.6 Å². The molecule has 0 saturated carbocycles. The number of carbonyl (C=O) groups excluding carboxylic acids is 1. The summed E-state index contributed by atoms with van der Waals surface area (Å²) in [7, 11) is 1.61. The molecule has 4 aromatic rings. The highest BCUT2D eigenvalue weighted by atomic mass is 35.5. The molecule has 3 aromatic heterocycles. The van der Waals surface area contributed by atoms with Crippen molar-refractivity contribution in [3.8, 4) is 11.3 Å². The van der Waals surface area contributed by atoms with Crippen LogP contribution >= 0.6 is 11.6 Å². The summed E-state index contributed by atoms with van der Waals surface area (Å²) < 4.78 is 28.7. The second-order valence-electron chi connectivity index (χ2n) is 6.81.